The number of halogens is 1. The van der Waals surface area contributed by atoms with E-state index >= 15 is 0 Å². The molecule has 0 spiro atoms. The largest absolute Gasteiger partial charge is 0.478 e. The highest BCUT2D eigenvalue weighted by atomic mass is 19.1. The molecule has 3 N–H and O–H groups in total. The standard InChI is InChI=1S/C19H14FN3O3/c1-21-15-9-11(20)8-14-13-5-6-23(18(24)17(13)22-16(14)15)12-4-2-3-10(7-12)19(25)26/h2-9,21-22H,1H3,(H,25,26). The Bertz CT molecular complexity index is 1240. The first-order chi connectivity index (χ1) is 12.5. The molecular formula is C19H14FN3O3. The molecule has 4 rings (SSSR count). The monoisotopic (exact) mass is 351 g/mol. The second-order valence-electron chi connectivity index (χ2n) is 5.89. The number of fused-ring (bicyclic) bond motifs is 3. The van der Waals surface area contributed by atoms with Crippen LogP contribution in [0.2, 0.25) is 0 Å². The van der Waals surface area contributed by atoms with E-state index < -0.39 is 11.8 Å². The lowest BCUT2D eigenvalue weighted by Gasteiger charge is -2.06. The van der Waals surface area contributed by atoms with Crippen molar-refractivity contribution in [3.05, 3.63) is 70.4 Å². The van der Waals surface area contributed by atoms with Gasteiger partial charge in [-0.2, -0.15) is 0 Å². The van der Waals surface area contributed by atoms with Crippen molar-refractivity contribution in [3.8, 4) is 5.69 Å². The van der Waals surface area contributed by atoms with Crippen LogP contribution in [0.4, 0.5) is 10.1 Å². The summed E-state index contributed by atoms with van der Waals surface area (Å²) < 4.78 is 15.2. The third-order valence-electron chi connectivity index (χ3n) is 4.38. The minimum Gasteiger partial charge on any atom is -0.478 e. The van der Waals surface area contributed by atoms with Crippen molar-refractivity contribution in [2.24, 2.45) is 0 Å². The minimum absolute atomic E-state index is 0.0886. The second kappa shape index (κ2) is 5.73. The van der Waals surface area contributed by atoms with E-state index in [1.807, 2.05) is 0 Å². The number of carboxylic acid groups (broad SMARTS) is 1. The smallest absolute Gasteiger partial charge is 0.335 e. The number of hydrogen-bond acceptors (Lipinski definition) is 3. The summed E-state index contributed by atoms with van der Waals surface area (Å²) in [4.78, 5) is 27.2. The van der Waals surface area contributed by atoms with Gasteiger partial charge in [0.2, 0.25) is 0 Å². The number of H-pyrrole nitrogens is 1. The Morgan fingerprint density at radius 2 is 1.96 bits per heavy atom. The Hall–Kier alpha value is -3.61. The van der Waals surface area contributed by atoms with Gasteiger partial charge in [0.1, 0.15) is 11.3 Å². The van der Waals surface area contributed by atoms with E-state index in [0.717, 1.165) is 0 Å². The summed E-state index contributed by atoms with van der Waals surface area (Å²) in [5.41, 5.74) is 1.70. The number of aromatic amines is 1. The first-order valence-electron chi connectivity index (χ1n) is 7.87. The number of anilines is 1. The molecule has 0 amide bonds. The highest BCUT2D eigenvalue weighted by molar-refractivity contribution is 6.10. The molecule has 0 aliphatic heterocycles. The lowest BCUT2D eigenvalue weighted by atomic mass is 10.1. The van der Waals surface area contributed by atoms with E-state index in [1.165, 1.54) is 28.8 Å². The molecule has 0 atom stereocenters. The predicted octanol–water partition coefficient (Wildman–Crippen LogP) is 3.35. The zero-order chi connectivity index (χ0) is 18.4. The summed E-state index contributed by atoms with van der Waals surface area (Å²) in [7, 11) is 1.68. The normalized spacial score (nSPS) is 11.2. The maximum absolute atomic E-state index is 13.9. The summed E-state index contributed by atoms with van der Waals surface area (Å²) in [6.07, 6.45) is 1.56. The number of nitrogens with zero attached hydrogens (tertiary/aromatic N) is 1. The van der Waals surface area contributed by atoms with Gasteiger partial charge in [-0.05, 0) is 36.4 Å². The van der Waals surface area contributed by atoms with Gasteiger partial charge in [-0.1, -0.05) is 6.07 Å². The van der Waals surface area contributed by atoms with Gasteiger partial charge >= 0.3 is 5.97 Å². The van der Waals surface area contributed by atoms with Crippen LogP contribution in [0, 0.1) is 5.82 Å². The Balaban J connectivity index is 2.01. The molecule has 7 heteroatoms. The Labute approximate surface area is 146 Å². The molecule has 0 unspecified atom stereocenters. The molecule has 0 radical (unpaired) electrons. The number of pyridine rings is 1. The van der Waals surface area contributed by atoms with Crippen LogP contribution in [0.5, 0.6) is 0 Å². The van der Waals surface area contributed by atoms with Crippen LogP contribution in [0.25, 0.3) is 27.5 Å². The van der Waals surface area contributed by atoms with Crippen LogP contribution in [0.15, 0.2) is 53.5 Å². The fourth-order valence-corrected chi connectivity index (χ4v) is 3.15. The van der Waals surface area contributed by atoms with Crippen LogP contribution < -0.4 is 10.9 Å². The third kappa shape index (κ3) is 2.33. The zero-order valence-corrected chi connectivity index (χ0v) is 13.7. The molecular weight excluding hydrogens is 337 g/mol. The third-order valence-corrected chi connectivity index (χ3v) is 4.38. The molecule has 0 aliphatic rings. The van der Waals surface area contributed by atoms with E-state index in [1.54, 1.807) is 31.4 Å². The second-order valence-corrected chi connectivity index (χ2v) is 5.89. The highest BCUT2D eigenvalue weighted by Gasteiger charge is 2.14. The van der Waals surface area contributed by atoms with Crippen molar-refractivity contribution in [1.82, 2.24) is 9.55 Å². The topological polar surface area (TPSA) is 87.1 Å². The average molecular weight is 351 g/mol. The van der Waals surface area contributed by atoms with Gasteiger partial charge in [0.05, 0.1) is 16.8 Å². The number of nitrogens with one attached hydrogen (secondary N) is 2. The van der Waals surface area contributed by atoms with Gasteiger partial charge in [0.15, 0.2) is 0 Å². The van der Waals surface area contributed by atoms with Crippen molar-refractivity contribution in [2.75, 3.05) is 12.4 Å². The number of benzene rings is 2. The van der Waals surface area contributed by atoms with Gasteiger partial charge in [-0.3, -0.25) is 9.36 Å². The van der Waals surface area contributed by atoms with E-state index in [9.17, 15) is 14.0 Å². The van der Waals surface area contributed by atoms with Crippen molar-refractivity contribution in [3.63, 3.8) is 0 Å². The molecule has 26 heavy (non-hydrogen) atoms. The molecule has 0 bridgehead atoms. The molecule has 0 fully saturated rings. The van der Waals surface area contributed by atoms with Gasteiger partial charge in [-0.25, -0.2) is 9.18 Å². The number of hydrogen-bond donors (Lipinski definition) is 3. The highest BCUT2D eigenvalue weighted by Crippen LogP contribution is 2.30. The van der Waals surface area contributed by atoms with Crippen molar-refractivity contribution in [2.45, 2.75) is 0 Å². The van der Waals surface area contributed by atoms with Crippen LogP contribution in [0.1, 0.15) is 10.4 Å². The Morgan fingerprint density at radius 3 is 2.69 bits per heavy atom. The molecule has 4 aromatic rings. The van der Waals surface area contributed by atoms with Gasteiger partial charge in [0, 0.05) is 29.7 Å². The van der Waals surface area contributed by atoms with Gasteiger partial charge in [-0.15, -0.1) is 0 Å². The maximum atomic E-state index is 13.9. The maximum Gasteiger partial charge on any atom is 0.335 e. The zero-order valence-electron chi connectivity index (χ0n) is 13.7. The SMILES string of the molecule is CNc1cc(F)cc2c1[nH]c1c(=O)n(-c3cccc(C(=O)O)c3)ccc12. The number of aromatic carboxylic acids is 1. The summed E-state index contributed by atoms with van der Waals surface area (Å²) >= 11 is 0. The summed E-state index contributed by atoms with van der Waals surface area (Å²) in [5.74, 6) is -1.47. The van der Waals surface area contributed by atoms with Gasteiger partial charge in [0.25, 0.3) is 5.56 Å². The van der Waals surface area contributed by atoms with Gasteiger partial charge < -0.3 is 15.4 Å². The number of aromatic nitrogens is 2. The number of carbonyl (C=O) groups is 1. The number of carboxylic acids is 1. The molecule has 6 nitrogen and oxygen atoms in total. The molecule has 2 heterocycles. The Kier molecular flexibility index (Phi) is 3.50. The van der Waals surface area contributed by atoms with E-state index in [-0.39, 0.29) is 11.1 Å². The predicted molar refractivity (Wildman–Crippen MR) is 97.9 cm³/mol. The molecule has 2 aromatic heterocycles. The fourth-order valence-electron chi connectivity index (χ4n) is 3.15. The average Bonchev–Trinajstić information content (AvgIpc) is 3.01. The summed E-state index contributed by atoms with van der Waals surface area (Å²) in [6, 6.07) is 10.6. The van der Waals surface area contributed by atoms with Crippen LogP contribution >= 0.6 is 0 Å². The van der Waals surface area contributed by atoms with E-state index in [0.29, 0.717) is 33.2 Å². The van der Waals surface area contributed by atoms with Crippen LogP contribution in [-0.2, 0) is 0 Å². The molecule has 0 aliphatic carbocycles. The van der Waals surface area contributed by atoms with Crippen molar-refractivity contribution >= 4 is 33.5 Å². The lowest BCUT2D eigenvalue weighted by Crippen LogP contribution is -2.18. The number of rotatable bonds is 3. The van der Waals surface area contributed by atoms with E-state index in [4.69, 9.17) is 5.11 Å². The molecule has 0 saturated heterocycles. The molecule has 130 valence electrons. The molecule has 2 aromatic carbocycles. The fraction of sp³-hybridized carbons (Fsp3) is 0.0526. The van der Waals surface area contributed by atoms with Crippen LogP contribution in [-0.4, -0.2) is 27.7 Å². The van der Waals surface area contributed by atoms with Crippen LogP contribution in [0.3, 0.4) is 0 Å². The minimum atomic E-state index is -1.07. The first kappa shape index (κ1) is 15.9. The summed E-state index contributed by atoms with van der Waals surface area (Å²) in [6.45, 7) is 0. The lowest BCUT2D eigenvalue weighted by molar-refractivity contribution is 0.0697. The summed E-state index contributed by atoms with van der Waals surface area (Å²) in [5, 5.41) is 13.3. The molecule has 0 saturated carbocycles. The first-order valence-corrected chi connectivity index (χ1v) is 7.87. The Morgan fingerprint density at radius 1 is 1.15 bits per heavy atom. The van der Waals surface area contributed by atoms with Crippen molar-refractivity contribution in [1.29, 1.82) is 0 Å². The quantitative estimate of drug-likeness (QED) is 0.528. The van der Waals surface area contributed by atoms with E-state index in [2.05, 4.69) is 10.3 Å². The van der Waals surface area contributed by atoms with Crippen molar-refractivity contribution < 1.29 is 14.3 Å².